The molecule has 0 aliphatic heterocycles. The van der Waals surface area contributed by atoms with E-state index in [0.29, 0.717) is 11.9 Å². The van der Waals surface area contributed by atoms with Crippen LogP contribution in [-0.2, 0) is 0 Å². The zero-order chi connectivity index (χ0) is 14.7. The molecule has 1 heterocycles. The minimum Gasteiger partial charge on any atom is -0.423 e. The molecule has 21 heavy (non-hydrogen) atoms. The van der Waals surface area contributed by atoms with Crippen molar-refractivity contribution in [2.45, 2.75) is 45.6 Å². The predicted octanol–water partition coefficient (Wildman–Crippen LogP) is 4.36. The Kier molecular flexibility index (Phi) is 4.23. The molecule has 1 aliphatic carbocycles. The van der Waals surface area contributed by atoms with Gasteiger partial charge in [-0.05, 0) is 55.7 Å². The van der Waals surface area contributed by atoms with E-state index in [1.54, 1.807) is 0 Å². The molecule has 1 aromatic heterocycles. The number of hydrogen-bond acceptors (Lipinski definition) is 4. The summed E-state index contributed by atoms with van der Waals surface area (Å²) in [5, 5.41) is 11.3. The second kappa shape index (κ2) is 6.29. The van der Waals surface area contributed by atoms with E-state index in [4.69, 9.17) is 4.42 Å². The monoisotopic (exact) mass is 285 g/mol. The Morgan fingerprint density at radius 1 is 1.19 bits per heavy atom. The maximum atomic E-state index is 5.25. The van der Waals surface area contributed by atoms with Crippen LogP contribution in [0.25, 0.3) is 11.5 Å². The highest BCUT2D eigenvalue weighted by Crippen LogP contribution is 2.31. The lowest BCUT2D eigenvalue weighted by Gasteiger charge is -2.31. The van der Waals surface area contributed by atoms with Crippen LogP contribution in [0, 0.1) is 11.8 Å². The fraction of sp³-hybridized carbons (Fsp3) is 0.529. The summed E-state index contributed by atoms with van der Waals surface area (Å²) in [6, 6.07) is 8.80. The number of rotatable bonds is 4. The van der Waals surface area contributed by atoms with Gasteiger partial charge in [0.15, 0.2) is 0 Å². The van der Waals surface area contributed by atoms with E-state index < -0.39 is 0 Å². The van der Waals surface area contributed by atoms with Crippen LogP contribution >= 0.6 is 0 Å². The Morgan fingerprint density at radius 3 is 2.67 bits per heavy atom. The van der Waals surface area contributed by atoms with Gasteiger partial charge < -0.3 is 9.73 Å². The normalized spacial score (nSPS) is 22.4. The van der Waals surface area contributed by atoms with Gasteiger partial charge in [0.25, 0.3) is 0 Å². The molecule has 4 nitrogen and oxygen atoms in total. The number of benzene rings is 1. The minimum absolute atomic E-state index is 0.571. The van der Waals surface area contributed by atoms with Gasteiger partial charge in [-0.1, -0.05) is 19.9 Å². The van der Waals surface area contributed by atoms with Crippen molar-refractivity contribution >= 4 is 5.69 Å². The van der Waals surface area contributed by atoms with Gasteiger partial charge in [0.1, 0.15) is 0 Å². The molecule has 1 fully saturated rings. The fourth-order valence-electron chi connectivity index (χ4n) is 3.21. The summed E-state index contributed by atoms with van der Waals surface area (Å²) in [5.74, 6) is 2.28. The van der Waals surface area contributed by atoms with E-state index in [0.717, 1.165) is 23.1 Å². The number of nitrogens with one attached hydrogen (secondary N) is 1. The third-order valence-electron chi connectivity index (χ3n) is 4.55. The van der Waals surface area contributed by atoms with Crippen molar-refractivity contribution in [3.63, 3.8) is 0 Å². The van der Waals surface area contributed by atoms with E-state index in [9.17, 15) is 0 Å². The average molecular weight is 285 g/mol. The van der Waals surface area contributed by atoms with Gasteiger partial charge in [0, 0.05) is 17.3 Å². The van der Waals surface area contributed by atoms with Gasteiger partial charge >= 0.3 is 0 Å². The van der Waals surface area contributed by atoms with E-state index in [1.807, 2.05) is 12.1 Å². The first-order valence-corrected chi connectivity index (χ1v) is 7.85. The largest absolute Gasteiger partial charge is 0.423 e. The zero-order valence-electron chi connectivity index (χ0n) is 12.7. The molecular formula is C17H23N3O. The Labute approximate surface area is 126 Å². The molecule has 1 saturated carbocycles. The van der Waals surface area contributed by atoms with Gasteiger partial charge in [0.2, 0.25) is 12.3 Å². The molecule has 1 N–H and O–H groups in total. The van der Waals surface area contributed by atoms with Crippen LogP contribution in [0.1, 0.15) is 39.5 Å². The molecule has 0 atom stereocenters. The summed E-state index contributed by atoms with van der Waals surface area (Å²) >= 11 is 0. The van der Waals surface area contributed by atoms with Crippen LogP contribution in [0.4, 0.5) is 5.69 Å². The first kappa shape index (κ1) is 14.1. The van der Waals surface area contributed by atoms with Crippen molar-refractivity contribution < 1.29 is 4.42 Å². The highest BCUT2D eigenvalue weighted by molar-refractivity contribution is 5.61. The van der Waals surface area contributed by atoms with E-state index in [1.165, 1.54) is 32.1 Å². The number of hydrogen-bond donors (Lipinski definition) is 1. The summed E-state index contributed by atoms with van der Waals surface area (Å²) < 4.78 is 5.25. The quantitative estimate of drug-likeness (QED) is 0.906. The predicted molar refractivity (Wildman–Crippen MR) is 83.9 cm³/mol. The molecule has 1 aromatic carbocycles. The van der Waals surface area contributed by atoms with Crippen molar-refractivity contribution in [2.24, 2.45) is 11.8 Å². The summed E-state index contributed by atoms with van der Waals surface area (Å²) in [6.07, 6.45) is 6.54. The Morgan fingerprint density at radius 2 is 2.00 bits per heavy atom. The molecule has 0 bridgehead atoms. The Bertz CT molecular complexity index is 557. The SMILES string of the molecule is CC(C)C1CCC(Nc2cccc(-c3nnco3)c2)CC1. The summed E-state index contributed by atoms with van der Waals surface area (Å²) in [7, 11) is 0. The molecular weight excluding hydrogens is 262 g/mol. The molecule has 0 unspecified atom stereocenters. The Hall–Kier alpha value is -1.84. The van der Waals surface area contributed by atoms with Crippen molar-refractivity contribution in [3.8, 4) is 11.5 Å². The van der Waals surface area contributed by atoms with Gasteiger partial charge in [-0.2, -0.15) is 0 Å². The molecule has 0 radical (unpaired) electrons. The van der Waals surface area contributed by atoms with Crippen LogP contribution in [0.15, 0.2) is 35.1 Å². The lowest BCUT2D eigenvalue weighted by atomic mass is 9.79. The molecule has 4 heteroatoms. The van der Waals surface area contributed by atoms with Gasteiger partial charge in [-0.15, -0.1) is 10.2 Å². The van der Waals surface area contributed by atoms with Gasteiger partial charge in [-0.25, -0.2) is 0 Å². The first-order valence-electron chi connectivity index (χ1n) is 7.85. The van der Waals surface area contributed by atoms with Crippen molar-refractivity contribution in [1.82, 2.24) is 10.2 Å². The van der Waals surface area contributed by atoms with E-state index >= 15 is 0 Å². The van der Waals surface area contributed by atoms with Crippen molar-refractivity contribution in [3.05, 3.63) is 30.7 Å². The van der Waals surface area contributed by atoms with Crippen molar-refractivity contribution in [2.75, 3.05) is 5.32 Å². The summed E-state index contributed by atoms with van der Waals surface area (Å²) in [4.78, 5) is 0. The van der Waals surface area contributed by atoms with Gasteiger partial charge in [-0.3, -0.25) is 0 Å². The molecule has 0 saturated heterocycles. The molecule has 112 valence electrons. The van der Waals surface area contributed by atoms with Crippen molar-refractivity contribution in [1.29, 1.82) is 0 Å². The smallest absolute Gasteiger partial charge is 0.247 e. The topological polar surface area (TPSA) is 51.0 Å². The highest BCUT2D eigenvalue weighted by atomic mass is 16.4. The summed E-state index contributed by atoms with van der Waals surface area (Å²) in [5.41, 5.74) is 2.10. The third kappa shape index (κ3) is 3.43. The zero-order valence-corrected chi connectivity index (χ0v) is 12.7. The second-order valence-electron chi connectivity index (χ2n) is 6.32. The molecule has 3 rings (SSSR count). The van der Waals surface area contributed by atoms with E-state index in [-0.39, 0.29) is 0 Å². The molecule has 1 aliphatic rings. The number of nitrogens with zero attached hydrogens (tertiary/aromatic N) is 2. The minimum atomic E-state index is 0.571. The van der Waals surface area contributed by atoms with Crippen LogP contribution in [-0.4, -0.2) is 16.2 Å². The van der Waals surface area contributed by atoms with Crippen LogP contribution in [0.2, 0.25) is 0 Å². The highest BCUT2D eigenvalue weighted by Gasteiger charge is 2.23. The lowest BCUT2D eigenvalue weighted by molar-refractivity contribution is 0.267. The molecule has 0 spiro atoms. The van der Waals surface area contributed by atoms with Crippen LogP contribution in [0.5, 0.6) is 0 Å². The fourth-order valence-corrected chi connectivity index (χ4v) is 3.21. The third-order valence-corrected chi connectivity index (χ3v) is 4.55. The Balaban J connectivity index is 1.62. The maximum Gasteiger partial charge on any atom is 0.247 e. The first-order chi connectivity index (χ1) is 10.2. The second-order valence-corrected chi connectivity index (χ2v) is 6.32. The number of aromatic nitrogens is 2. The molecule has 0 amide bonds. The van der Waals surface area contributed by atoms with Crippen LogP contribution in [0.3, 0.4) is 0 Å². The number of anilines is 1. The summed E-state index contributed by atoms with van der Waals surface area (Å²) in [6.45, 7) is 4.68. The van der Waals surface area contributed by atoms with Crippen LogP contribution < -0.4 is 5.32 Å². The molecule has 2 aromatic rings. The standard InChI is InChI=1S/C17H23N3O/c1-12(2)13-6-8-15(9-7-13)19-16-5-3-4-14(10-16)17-20-18-11-21-17/h3-5,10-13,15,19H,6-9H2,1-2H3. The van der Waals surface area contributed by atoms with E-state index in [2.05, 4.69) is 41.5 Å². The van der Waals surface area contributed by atoms with Gasteiger partial charge in [0.05, 0.1) is 0 Å². The maximum absolute atomic E-state index is 5.25. The lowest BCUT2D eigenvalue weighted by Crippen LogP contribution is -2.27. The average Bonchev–Trinajstić information content (AvgIpc) is 3.02.